The highest BCUT2D eigenvalue weighted by molar-refractivity contribution is 9.10. The Morgan fingerprint density at radius 2 is 2.21 bits per heavy atom. The number of nitrogens with zero attached hydrogens (tertiary/aromatic N) is 3. The lowest BCUT2D eigenvalue weighted by molar-refractivity contribution is 0.292. The molecule has 1 aliphatic rings. The average Bonchev–Trinajstić information content (AvgIpc) is 2.36. The predicted molar refractivity (Wildman–Crippen MR) is 83.7 cm³/mol. The fraction of sp³-hybridized carbons (Fsp3) is 0.714. The monoisotopic (exact) mass is 326 g/mol. The number of anilines is 2. The van der Waals surface area contributed by atoms with Gasteiger partial charge in [-0.05, 0) is 40.6 Å². The van der Waals surface area contributed by atoms with E-state index in [0.29, 0.717) is 5.41 Å². The van der Waals surface area contributed by atoms with Gasteiger partial charge in [-0.15, -0.1) is 0 Å². The number of piperidine rings is 1. The van der Waals surface area contributed by atoms with Crippen molar-refractivity contribution in [2.24, 2.45) is 5.41 Å². The number of aromatic nitrogens is 2. The van der Waals surface area contributed by atoms with Gasteiger partial charge in [-0.3, -0.25) is 0 Å². The molecule has 0 saturated carbocycles. The molecule has 0 unspecified atom stereocenters. The van der Waals surface area contributed by atoms with Crippen molar-refractivity contribution in [2.45, 2.75) is 40.0 Å². The molecule has 0 bridgehead atoms. The molecule has 1 fully saturated rings. The first-order chi connectivity index (χ1) is 9.03. The maximum Gasteiger partial charge on any atom is 0.148 e. The summed E-state index contributed by atoms with van der Waals surface area (Å²) < 4.78 is 0.987. The summed E-state index contributed by atoms with van der Waals surface area (Å²) in [6, 6.07) is 0. The molecule has 1 aliphatic heterocycles. The molecule has 0 radical (unpaired) electrons. The molecular formula is C14H23BrN4. The molecule has 106 valence electrons. The second-order valence-corrected chi connectivity index (χ2v) is 6.77. The topological polar surface area (TPSA) is 41.1 Å². The van der Waals surface area contributed by atoms with Gasteiger partial charge >= 0.3 is 0 Å². The van der Waals surface area contributed by atoms with Crippen molar-refractivity contribution >= 4 is 27.6 Å². The van der Waals surface area contributed by atoms with E-state index in [4.69, 9.17) is 0 Å². The highest BCUT2D eigenvalue weighted by atomic mass is 79.9. The molecule has 1 aromatic rings. The van der Waals surface area contributed by atoms with E-state index in [1.165, 1.54) is 12.8 Å². The third kappa shape index (κ3) is 3.59. The van der Waals surface area contributed by atoms with E-state index in [1.807, 2.05) is 0 Å². The van der Waals surface area contributed by atoms with Crippen LogP contribution in [-0.2, 0) is 0 Å². The Balaban J connectivity index is 2.19. The molecule has 1 saturated heterocycles. The highest BCUT2D eigenvalue weighted by Gasteiger charge is 2.28. The summed E-state index contributed by atoms with van der Waals surface area (Å²) in [5.74, 6) is 1.91. The maximum absolute atomic E-state index is 4.46. The quantitative estimate of drug-likeness (QED) is 0.916. The lowest BCUT2D eigenvalue weighted by Crippen LogP contribution is -2.40. The van der Waals surface area contributed by atoms with Gasteiger partial charge in [-0.2, -0.15) is 0 Å². The molecule has 19 heavy (non-hydrogen) atoms. The first-order valence-electron chi connectivity index (χ1n) is 7.03. The van der Waals surface area contributed by atoms with E-state index in [0.717, 1.165) is 42.2 Å². The third-order valence-corrected chi connectivity index (χ3v) is 4.24. The predicted octanol–water partition coefficient (Wildman–Crippen LogP) is 3.69. The van der Waals surface area contributed by atoms with Gasteiger partial charge in [0, 0.05) is 19.6 Å². The Labute approximate surface area is 124 Å². The minimum atomic E-state index is 0.361. The first-order valence-corrected chi connectivity index (χ1v) is 7.82. The zero-order valence-corrected chi connectivity index (χ0v) is 13.6. The molecule has 5 heteroatoms. The van der Waals surface area contributed by atoms with E-state index in [-0.39, 0.29) is 0 Å². The molecule has 0 amide bonds. The molecule has 2 rings (SSSR count). The van der Waals surface area contributed by atoms with E-state index in [2.05, 4.69) is 56.9 Å². The third-order valence-electron chi connectivity index (χ3n) is 3.51. The summed E-state index contributed by atoms with van der Waals surface area (Å²) >= 11 is 3.66. The average molecular weight is 327 g/mol. The summed E-state index contributed by atoms with van der Waals surface area (Å²) in [5.41, 5.74) is 0.361. The van der Waals surface area contributed by atoms with Crippen LogP contribution in [0.4, 0.5) is 11.6 Å². The SMILES string of the molecule is CCCNc1ncnc(N2CCCC(C)(C)C2)c1Br. The van der Waals surface area contributed by atoms with Crippen LogP contribution in [0.15, 0.2) is 10.8 Å². The normalized spacial score (nSPS) is 18.4. The maximum atomic E-state index is 4.46. The number of halogens is 1. The van der Waals surface area contributed by atoms with Gasteiger partial charge in [0.05, 0.1) is 0 Å². The van der Waals surface area contributed by atoms with Crippen LogP contribution in [0.25, 0.3) is 0 Å². The molecule has 2 heterocycles. The summed E-state index contributed by atoms with van der Waals surface area (Å²) in [5, 5.41) is 3.34. The molecule has 0 aliphatic carbocycles. The van der Waals surface area contributed by atoms with Crippen molar-refractivity contribution in [1.29, 1.82) is 0 Å². The summed E-state index contributed by atoms with van der Waals surface area (Å²) in [4.78, 5) is 11.1. The van der Waals surface area contributed by atoms with Crippen molar-refractivity contribution in [2.75, 3.05) is 29.9 Å². The van der Waals surface area contributed by atoms with Crippen molar-refractivity contribution in [3.63, 3.8) is 0 Å². The highest BCUT2D eigenvalue weighted by Crippen LogP contribution is 2.35. The van der Waals surface area contributed by atoms with Crippen LogP contribution in [0.2, 0.25) is 0 Å². The van der Waals surface area contributed by atoms with Crippen LogP contribution in [0.1, 0.15) is 40.0 Å². The second kappa shape index (κ2) is 6.07. The number of hydrogen-bond donors (Lipinski definition) is 1. The van der Waals surface area contributed by atoms with Crippen LogP contribution in [-0.4, -0.2) is 29.6 Å². The van der Waals surface area contributed by atoms with Crippen molar-refractivity contribution < 1.29 is 0 Å². The molecule has 1 aromatic heterocycles. The summed E-state index contributed by atoms with van der Waals surface area (Å²) in [7, 11) is 0. The van der Waals surface area contributed by atoms with E-state index in [9.17, 15) is 0 Å². The number of rotatable bonds is 4. The van der Waals surface area contributed by atoms with E-state index < -0.39 is 0 Å². The van der Waals surface area contributed by atoms with Crippen molar-refractivity contribution in [3.8, 4) is 0 Å². The van der Waals surface area contributed by atoms with Crippen molar-refractivity contribution in [1.82, 2.24) is 9.97 Å². The Kier molecular flexibility index (Phi) is 4.66. The second-order valence-electron chi connectivity index (χ2n) is 5.98. The Morgan fingerprint density at radius 1 is 1.42 bits per heavy atom. The Morgan fingerprint density at radius 3 is 2.89 bits per heavy atom. The van der Waals surface area contributed by atoms with Crippen LogP contribution in [0.5, 0.6) is 0 Å². The first kappa shape index (κ1) is 14.6. The van der Waals surface area contributed by atoms with Gasteiger partial charge in [-0.1, -0.05) is 20.8 Å². The summed E-state index contributed by atoms with van der Waals surface area (Å²) in [6.45, 7) is 9.85. The van der Waals surface area contributed by atoms with Crippen LogP contribution in [0, 0.1) is 5.41 Å². The molecule has 4 nitrogen and oxygen atoms in total. The number of nitrogens with one attached hydrogen (secondary N) is 1. The lowest BCUT2D eigenvalue weighted by Gasteiger charge is -2.39. The van der Waals surface area contributed by atoms with Crippen LogP contribution >= 0.6 is 15.9 Å². The smallest absolute Gasteiger partial charge is 0.148 e. The van der Waals surface area contributed by atoms with Gasteiger partial charge in [0.15, 0.2) is 0 Å². The van der Waals surface area contributed by atoms with Gasteiger partial charge in [0.1, 0.15) is 22.4 Å². The number of hydrogen-bond acceptors (Lipinski definition) is 4. The standard InChI is InChI=1S/C14H23BrN4/c1-4-7-16-12-11(15)13(18-10-17-12)19-8-5-6-14(2,3)9-19/h10H,4-9H2,1-3H3,(H,16,17,18). The van der Waals surface area contributed by atoms with Crippen molar-refractivity contribution in [3.05, 3.63) is 10.8 Å². The Hall–Kier alpha value is -0.840. The van der Waals surface area contributed by atoms with Gasteiger partial charge in [0.25, 0.3) is 0 Å². The fourth-order valence-corrected chi connectivity index (χ4v) is 3.15. The Bertz CT molecular complexity index is 433. The van der Waals surface area contributed by atoms with Gasteiger partial charge in [-0.25, -0.2) is 9.97 Å². The lowest BCUT2D eigenvalue weighted by atomic mass is 9.84. The molecule has 1 N–H and O–H groups in total. The minimum absolute atomic E-state index is 0.361. The summed E-state index contributed by atoms with van der Waals surface area (Å²) in [6.07, 6.45) is 5.25. The largest absolute Gasteiger partial charge is 0.369 e. The van der Waals surface area contributed by atoms with Crippen LogP contribution < -0.4 is 10.2 Å². The molecule has 0 atom stereocenters. The van der Waals surface area contributed by atoms with E-state index in [1.54, 1.807) is 6.33 Å². The zero-order valence-electron chi connectivity index (χ0n) is 12.0. The van der Waals surface area contributed by atoms with Gasteiger partial charge < -0.3 is 10.2 Å². The molecular weight excluding hydrogens is 304 g/mol. The zero-order chi connectivity index (χ0) is 13.9. The molecule has 0 spiro atoms. The van der Waals surface area contributed by atoms with E-state index >= 15 is 0 Å². The van der Waals surface area contributed by atoms with Crippen LogP contribution in [0.3, 0.4) is 0 Å². The fourth-order valence-electron chi connectivity index (χ4n) is 2.55. The minimum Gasteiger partial charge on any atom is -0.369 e. The molecule has 0 aromatic carbocycles. The van der Waals surface area contributed by atoms with Gasteiger partial charge in [0.2, 0.25) is 0 Å².